The summed E-state index contributed by atoms with van der Waals surface area (Å²) in [6, 6.07) is 9.23. The summed E-state index contributed by atoms with van der Waals surface area (Å²) in [5.74, 6) is 1.43. The number of likely N-dealkylation sites (tertiary alicyclic amines) is 1. The summed E-state index contributed by atoms with van der Waals surface area (Å²) < 4.78 is 41.7. The zero-order valence-corrected chi connectivity index (χ0v) is 33.5. The molecule has 2 fully saturated rings. The highest BCUT2D eigenvalue weighted by Gasteiger charge is 2.43. The molecule has 0 radical (unpaired) electrons. The second-order valence-corrected chi connectivity index (χ2v) is 18.2. The number of sulfonamides is 1. The molecule has 2 amide bonds. The molecular formula is C38H54ClN7O6S. The molecule has 1 aliphatic carbocycles. The van der Waals surface area contributed by atoms with Crippen molar-refractivity contribution in [2.24, 2.45) is 17.8 Å². The maximum absolute atomic E-state index is 13.3. The number of nitrogens with zero attached hydrogens (tertiary/aromatic N) is 5. The van der Waals surface area contributed by atoms with Crippen molar-refractivity contribution in [1.29, 1.82) is 0 Å². The molecule has 53 heavy (non-hydrogen) atoms. The number of amides is 2. The number of carbonyl (C=O) groups excluding carboxylic acids is 2. The summed E-state index contributed by atoms with van der Waals surface area (Å²) in [6.45, 7) is 15.1. The van der Waals surface area contributed by atoms with Crippen LogP contribution in [0, 0.1) is 17.8 Å². The van der Waals surface area contributed by atoms with E-state index in [0.29, 0.717) is 36.6 Å². The van der Waals surface area contributed by atoms with Crippen LogP contribution < -0.4 is 14.8 Å². The predicted octanol–water partition coefficient (Wildman–Crippen LogP) is 7.65. The van der Waals surface area contributed by atoms with Crippen LogP contribution >= 0.6 is 11.6 Å². The number of halogens is 1. The Bertz CT molecular complexity index is 1850. The Morgan fingerprint density at radius 3 is 2.45 bits per heavy atom. The van der Waals surface area contributed by atoms with Crippen LogP contribution in [0.1, 0.15) is 110 Å². The topological polar surface area (TPSA) is 158 Å². The fraction of sp³-hybridized carbons (Fsp3) is 0.605. The number of ether oxygens (including phenoxy) is 2. The average Bonchev–Trinajstić information content (AvgIpc) is 3.82. The highest BCUT2D eigenvalue weighted by atomic mass is 35.5. The maximum atomic E-state index is 13.3. The Morgan fingerprint density at radius 1 is 1.04 bits per heavy atom. The van der Waals surface area contributed by atoms with Gasteiger partial charge in [0, 0.05) is 30.4 Å². The second-order valence-electron chi connectivity index (χ2n) is 16.2. The molecule has 3 aromatic rings. The van der Waals surface area contributed by atoms with E-state index >= 15 is 0 Å². The summed E-state index contributed by atoms with van der Waals surface area (Å²) in [7, 11) is -4.36. The van der Waals surface area contributed by atoms with Gasteiger partial charge in [0.15, 0.2) is 10.8 Å². The fourth-order valence-electron chi connectivity index (χ4n) is 7.13. The van der Waals surface area contributed by atoms with E-state index in [9.17, 15) is 18.0 Å². The van der Waals surface area contributed by atoms with Gasteiger partial charge < -0.3 is 19.7 Å². The molecule has 1 saturated heterocycles. The van der Waals surface area contributed by atoms with Gasteiger partial charge in [-0.3, -0.25) is 4.79 Å². The number of rotatable bonds is 14. The number of anilines is 1. The number of hydrogen-bond donors (Lipinski definition) is 2. The van der Waals surface area contributed by atoms with Crippen LogP contribution in [-0.4, -0.2) is 75.4 Å². The molecule has 0 bridgehead atoms. The van der Waals surface area contributed by atoms with E-state index in [1.54, 1.807) is 24.4 Å². The zero-order chi connectivity index (χ0) is 38.6. The standard InChI is InChI=1S/C38H54ClN7O6S/c1-25(2)29(17-15-27-23-38(6,7)45(24-27)36(48)52-37(3,4)5)40-30-13-10-14-33(41-30)53(49,50)44-35(47)28-16-18-31(42-34(28)39)46-21-19-32(43-46)51-22-20-26-11-8-9-12-26/h10,13-14,16,18-19,21,25-27,29H,8-9,11-12,15,17,20,22-24H2,1-7H3,(H,40,41)(H,44,47)/t27-,29?/m1/s1. The first kappa shape index (κ1) is 40.3. The SMILES string of the molecule is CC(C)C(CC[C@H]1CN(C(=O)OC(C)(C)C)C(C)(C)C1)Nc1cccc(S(=O)(=O)NC(=O)c2ccc(-n3ccc(OCCC4CCCC4)n3)nc2Cl)n1. The quantitative estimate of drug-likeness (QED) is 0.156. The number of aromatic nitrogens is 4. The Morgan fingerprint density at radius 2 is 1.77 bits per heavy atom. The molecule has 1 saturated carbocycles. The molecule has 1 aliphatic heterocycles. The summed E-state index contributed by atoms with van der Waals surface area (Å²) >= 11 is 6.37. The van der Waals surface area contributed by atoms with Gasteiger partial charge in [-0.1, -0.05) is 57.2 Å². The lowest BCUT2D eigenvalue weighted by Crippen LogP contribution is -2.45. The third-order valence-electron chi connectivity index (χ3n) is 9.95. The molecule has 5 rings (SSSR count). The highest BCUT2D eigenvalue weighted by Crippen LogP contribution is 2.37. The molecule has 2 atom stereocenters. The van der Waals surface area contributed by atoms with Crippen LogP contribution in [0.2, 0.25) is 5.15 Å². The molecule has 0 spiro atoms. The van der Waals surface area contributed by atoms with E-state index in [1.807, 2.05) is 25.7 Å². The molecule has 13 nitrogen and oxygen atoms in total. The number of nitrogens with one attached hydrogen (secondary N) is 2. The van der Waals surface area contributed by atoms with E-state index < -0.39 is 21.5 Å². The van der Waals surface area contributed by atoms with Crippen molar-refractivity contribution in [2.45, 2.75) is 122 Å². The molecule has 290 valence electrons. The first-order valence-corrected chi connectivity index (χ1v) is 20.4. The van der Waals surface area contributed by atoms with Gasteiger partial charge in [0.1, 0.15) is 16.6 Å². The smallest absolute Gasteiger partial charge is 0.410 e. The van der Waals surface area contributed by atoms with Crippen LogP contribution in [0.5, 0.6) is 5.88 Å². The van der Waals surface area contributed by atoms with Crippen molar-refractivity contribution in [1.82, 2.24) is 29.4 Å². The predicted molar refractivity (Wildman–Crippen MR) is 204 cm³/mol. The average molecular weight is 772 g/mol. The first-order valence-electron chi connectivity index (χ1n) is 18.6. The Balaban J connectivity index is 1.17. The molecule has 3 aromatic heterocycles. The minimum atomic E-state index is -4.36. The largest absolute Gasteiger partial charge is 0.477 e. The summed E-state index contributed by atoms with van der Waals surface area (Å²) in [5, 5.41) is 7.30. The van der Waals surface area contributed by atoms with E-state index in [2.05, 4.69) is 52.8 Å². The summed E-state index contributed by atoms with van der Waals surface area (Å²) in [6.07, 6.45) is 9.94. The molecule has 0 aromatic carbocycles. The van der Waals surface area contributed by atoms with Gasteiger partial charge >= 0.3 is 6.09 Å². The molecule has 15 heteroatoms. The van der Waals surface area contributed by atoms with Crippen LogP contribution in [0.3, 0.4) is 0 Å². The summed E-state index contributed by atoms with van der Waals surface area (Å²) in [4.78, 5) is 36.5. The molecular weight excluding hydrogens is 718 g/mol. The second kappa shape index (κ2) is 16.6. The van der Waals surface area contributed by atoms with E-state index in [4.69, 9.17) is 21.1 Å². The van der Waals surface area contributed by atoms with Gasteiger partial charge in [0.05, 0.1) is 12.2 Å². The van der Waals surface area contributed by atoms with Gasteiger partial charge in [-0.25, -0.2) is 24.2 Å². The van der Waals surface area contributed by atoms with Gasteiger partial charge in [-0.05, 0) is 102 Å². The van der Waals surface area contributed by atoms with E-state index in [0.717, 1.165) is 25.7 Å². The van der Waals surface area contributed by atoms with Crippen molar-refractivity contribution >= 4 is 39.4 Å². The lowest BCUT2D eigenvalue weighted by atomic mass is 9.89. The third-order valence-corrected chi connectivity index (χ3v) is 11.5. The number of pyridine rings is 2. The molecule has 4 heterocycles. The number of hydrogen-bond acceptors (Lipinski definition) is 10. The molecule has 2 aliphatic rings. The first-order chi connectivity index (χ1) is 24.9. The normalized spacial score (nSPS) is 18.3. The monoisotopic (exact) mass is 771 g/mol. The van der Waals surface area contributed by atoms with Crippen molar-refractivity contribution < 1.29 is 27.5 Å². The van der Waals surface area contributed by atoms with Gasteiger partial charge in [0.2, 0.25) is 5.88 Å². The lowest BCUT2D eigenvalue weighted by Gasteiger charge is -2.33. The van der Waals surface area contributed by atoms with E-state index in [-0.39, 0.29) is 45.3 Å². The fourth-order valence-corrected chi connectivity index (χ4v) is 8.30. The molecule has 1 unspecified atom stereocenters. The zero-order valence-electron chi connectivity index (χ0n) is 31.9. The minimum Gasteiger partial charge on any atom is -0.477 e. The van der Waals surface area contributed by atoms with Gasteiger partial charge in [-0.2, -0.15) is 8.42 Å². The lowest BCUT2D eigenvalue weighted by molar-refractivity contribution is 0.0130. The Labute approximate surface area is 318 Å². The van der Waals surface area contributed by atoms with Crippen molar-refractivity contribution in [3.63, 3.8) is 0 Å². The van der Waals surface area contributed by atoms with Gasteiger partial charge in [0.25, 0.3) is 15.9 Å². The van der Waals surface area contributed by atoms with Crippen molar-refractivity contribution in [3.05, 3.63) is 53.3 Å². The Kier molecular flexibility index (Phi) is 12.6. The van der Waals surface area contributed by atoms with Crippen LogP contribution in [-0.2, 0) is 14.8 Å². The minimum absolute atomic E-state index is 0.0218. The van der Waals surface area contributed by atoms with Crippen molar-refractivity contribution in [3.8, 4) is 11.7 Å². The van der Waals surface area contributed by atoms with Gasteiger partial charge in [-0.15, -0.1) is 5.10 Å². The highest BCUT2D eigenvalue weighted by molar-refractivity contribution is 7.90. The van der Waals surface area contributed by atoms with Crippen LogP contribution in [0.15, 0.2) is 47.6 Å². The van der Waals surface area contributed by atoms with E-state index in [1.165, 1.54) is 48.6 Å². The van der Waals surface area contributed by atoms with Crippen molar-refractivity contribution in [2.75, 3.05) is 18.5 Å². The number of carbonyl (C=O) groups is 2. The molecule has 2 N–H and O–H groups in total. The Hall–Kier alpha value is -3.91. The third kappa shape index (κ3) is 10.8. The maximum Gasteiger partial charge on any atom is 0.410 e. The van der Waals surface area contributed by atoms with Crippen LogP contribution in [0.4, 0.5) is 10.6 Å². The van der Waals surface area contributed by atoms with Crippen LogP contribution in [0.25, 0.3) is 5.82 Å². The summed E-state index contributed by atoms with van der Waals surface area (Å²) in [5.41, 5.74) is -1.01.